The molecule has 7 nitrogen and oxygen atoms in total. The minimum Gasteiger partial charge on any atom is -0.315 e. The van der Waals surface area contributed by atoms with Crippen LogP contribution in [0.5, 0.6) is 0 Å². The van der Waals surface area contributed by atoms with Gasteiger partial charge in [0.1, 0.15) is 11.6 Å². The Morgan fingerprint density at radius 1 is 1.21 bits per heavy atom. The van der Waals surface area contributed by atoms with Gasteiger partial charge in [0.15, 0.2) is 0 Å². The van der Waals surface area contributed by atoms with Gasteiger partial charge in [-0.1, -0.05) is 35.5 Å². The molecule has 2 aromatic heterocycles. The molecule has 5 rings (SSSR count). The Kier molecular flexibility index (Phi) is 5.83. The first-order chi connectivity index (χ1) is 16.1. The summed E-state index contributed by atoms with van der Waals surface area (Å²) in [5.41, 5.74) is 1.44. The number of nitrogens with one attached hydrogen (secondary N) is 1. The van der Waals surface area contributed by atoms with Crippen LogP contribution >= 0.6 is 0 Å². The van der Waals surface area contributed by atoms with Crippen LogP contribution in [0, 0.1) is 12.7 Å². The monoisotopic (exact) mass is 444 g/mol. The largest absolute Gasteiger partial charge is 0.315 e. The van der Waals surface area contributed by atoms with Gasteiger partial charge < -0.3 is 5.32 Å². The number of hydrogen-bond acceptors (Lipinski definition) is 5. The van der Waals surface area contributed by atoms with Crippen molar-refractivity contribution in [2.24, 2.45) is 0 Å². The molecule has 0 spiro atoms. The van der Waals surface area contributed by atoms with Crippen LogP contribution in [0.25, 0.3) is 10.8 Å². The van der Waals surface area contributed by atoms with Crippen LogP contribution in [0.15, 0.2) is 61.1 Å². The number of aromatic nitrogens is 4. The van der Waals surface area contributed by atoms with Crippen molar-refractivity contribution in [2.45, 2.75) is 32.4 Å². The van der Waals surface area contributed by atoms with E-state index >= 15 is 4.39 Å². The van der Waals surface area contributed by atoms with E-state index in [4.69, 9.17) is 0 Å². The Morgan fingerprint density at radius 2 is 2.09 bits per heavy atom. The SMILES string of the molecule is Cc1cccc2ccnc(N(C(=O)c3cccc(Cn4ccnn4)c3F)[C@@H]3CCCNC3)c12. The van der Waals surface area contributed by atoms with E-state index in [1.54, 1.807) is 41.7 Å². The van der Waals surface area contributed by atoms with Crippen LogP contribution in [0.3, 0.4) is 0 Å². The second kappa shape index (κ2) is 9.07. The topological polar surface area (TPSA) is 75.9 Å². The first-order valence-electron chi connectivity index (χ1n) is 11.1. The van der Waals surface area contributed by atoms with E-state index < -0.39 is 5.82 Å². The number of anilines is 1. The van der Waals surface area contributed by atoms with Gasteiger partial charge in [0.2, 0.25) is 0 Å². The summed E-state index contributed by atoms with van der Waals surface area (Å²) in [6.07, 6.45) is 6.68. The molecular formula is C25H25FN6O. The number of carbonyl (C=O) groups is 1. The molecule has 168 valence electrons. The summed E-state index contributed by atoms with van der Waals surface area (Å²) in [7, 11) is 0. The maximum absolute atomic E-state index is 15.6. The fraction of sp³-hybridized carbons (Fsp3) is 0.280. The molecule has 1 N–H and O–H groups in total. The van der Waals surface area contributed by atoms with Gasteiger partial charge in [-0.15, -0.1) is 5.10 Å². The number of piperidine rings is 1. The molecule has 0 unspecified atom stereocenters. The van der Waals surface area contributed by atoms with Crippen molar-refractivity contribution < 1.29 is 9.18 Å². The van der Waals surface area contributed by atoms with Gasteiger partial charge >= 0.3 is 0 Å². The van der Waals surface area contributed by atoms with E-state index in [-0.39, 0.29) is 24.1 Å². The molecule has 3 heterocycles. The van der Waals surface area contributed by atoms with Crippen molar-refractivity contribution in [2.75, 3.05) is 18.0 Å². The summed E-state index contributed by atoms with van der Waals surface area (Å²) in [6, 6.07) is 12.7. The predicted molar refractivity (Wildman–Crippen MR) is 125 cm³/mol. The second-order valence-electron chi connectivity index (χ2n) is 8.36. The highest BCUT2D eigenvalue weighted by Crippen LogP contribution is 2.32. The van der Waals surface area contributed by atoms with E-state index in [2.05, 4.69) is 20.6 Å². The lowest BCUT2D eigenvalue weighted by atomic mass is 10.0. The van der Waals surface area contributed by atoms with Crippen LogP contribution in [0.2, 0.25) is 0 Å². The van der Waals surface area contributed by atoms with Crippen LogP contribution in [0.1, 0.15) is 34.3 Å². The first-order valence-corrected chi connectivity index (χ1v) is 11.1. The Morgan fingerprint density at radius 3 is 2.88 bits per heavy atom. The highest BCUT2D eigenvalue weighted by molar-refractivity contribution is 6.11. The highest BCUT2D eigenvalue weighted by Gasteiger charge is 2.32. The number of rotatable bonds is 5. The van der Waals surface area contributed by atoms with Gasteiger partial charge in [0.25, 0.3) is 5.91 Å². The number of fused-ring (bicyclic) bond motifs is 1. The average Bonchev–Trinajstić information content (AvgIpc) is 3.35. The van der Waals surface area contributed by atoms with E-state index in [0.717, 1.165) is 35.7 Å². The number of benzene rings is 2. The molecule has 2 aromatic carbocycles. The van der Waals surface area contributed by atoms with Gasteiger partial charge in [-0.3, -0.25) is 9.69 Å². The lowest BCUT2D eigenvalue weighted by Gasteiger charge is -2.35. The normalized spacial score (nSPS) is 16.1. The van der Waals surface area contributed by atoms with Crippen molar-refractivity contribution in [1.29, 1.82) is 0 Å². The summed E-state index contributed by atoms with van der Waals surface area (Å²) in [5.74, 6) is -0.348. The summed E-state index contributed by atoms with van der Waals surface area (Å²) in [6.45, 7) is 3.75. The molecule has 33 heavy (non-hydrogen) atoms. The molecule has 1 aliphatic rings. The van der Waals surface area contributed by atoms with E-state index in [9.17, 15) is 4.79 Å². The third kappa shape index (κ3) is 4.09. The van der Waals surface area contributed by atoms with Gasteiger partial charge in [-0.2, -0.15) is 0 Å². The average molecular weight is 445 g/mol. The minimum atomic E-state index is -0.538. The fourth-order valence-corrected chi connectivity index (χ4v) is 4.55. The lowest BCUT2D eigenvalue weighted by Crippen LogP contribution is -2.49. The molecule has 1 saturated heterocycles. The van der Waals surface area contributed by atoms with Gasteiger partial charge in [0, 0.05) is 29.9 Å². The van der Waals surface area contributed by atoms with Gasteiger partial charge in [-0.25, -0.2) is 14.1 Å². The molecule has 8 heteroatoms. The fourth-order valence-electron chi connectivity index (χ4n) is 4.55. The molecule has 0 bridgehead atoms. The summed E-state index contributed by atoms with van der Waals surface area (Å²) >= 11 is 0. The number of halogens is 1. The summed E-state index contributed by atoms with van der Waals surface area (Å²) in [5, 5.41) is 13.0. The smallest absolute Gasteiger partial charge is 0.262 e. The summed E-state index contributed by atoms with van der Waals surface area (Å²) in [4.78, 5) is 20.3. The Hall–Kier alpha value is -3.65. The van der Waals surface area contributed by atoms with Crippen molar-refractivity contribution in [1.82, 2.24) is 25.3 Å². The standard InChI is InChI=1S/C25H25FN6O/c1-17-5-2-6-18-10-12-28-24(22(17)18)32(20-8-4-11-27-15-20)25(33)21-9-3-7-19(23(21)26)16-31-14-13-29-30-31/h2-3,5-7,9-10,12-14,20,27H,4,8,11,15-16H2,1H3/t20-/m1/s1. The van der Waals surface area contributed by atoms with E-state index in [1.165, 1.54) is 4.68 Å². The molecule has 1 atom stereocenters. The highest BCUT2D eigenvalue weighted by atomic mass is 19.1. The van der Waals surface area contributed by atoms with Crippen molar-refractivity contribution >= 4 is 22.5 Å². The number of aryl methyl sites for hydroxylation is 1. The molecule has 1 aliphatic heterocycles. The molecule has 0 aliphatic carbocycles. The molecular weight excluding hydrogens is 419 g/mol. The van der Waals surface area contributed by atoms with E-state index in [1.807, 2.05) is 31.2 Å². The molecule has 1 amide bonds. The van der Waals surface area contributed by atoms with Crippen LogP contribution in [-0.4, -0.2) is 45.0 Å². The Labute approximate surface area is 191 Å². The Balaban J connectivity index is 1.61. The Bertz CT molecular complexity index is 1280. The molecule has 1 fully saturated rings. The molecule has 0 saturated carbocycles. The first kappa shape index (κ1) is 21.2. The van der Waals surface area contributed by atoms with Crippen LogP contribution in [0.4, 0.5) is 10.2 Å². The molecule has 0 radical (unpaired) electrons. The minimum absolute atomic E-state index is 0.0329. The van der Waals surface area contributed by atoms with Gasteiger partial charge in [-0.05, 0) is 49.4 Å². The van der Waals surface area contributed by atoms with Crippen molar-refractivity contribution in [3.05, 3.63) is 83.6 Å². The quantitative estimate of drug-likeness (QED) is 0.508. The maximum atomic E-state index is 15.6. The predicted octanol–water partition coefficient (Wildman–Crippen LogP) is 3.72. The third-order valence-corrected chi connectivity index (χ3v) is 6.18. The lowest BCUT2D eigenvalue weighted by molar-refractivity contribution is 0.0967. The second-order valence-corrected chi connectivity index (χ2v) is 8.36. The number of nitrogens with zero attached hydrogens (tertiary/aromatic N) is 5. The van der Waals surface area contributed by atoms with E-state index in [0.29, 0.717) is 17.9 Å². The van der Waals surface area contributed by atoms with Gasteiger partial charge in [0.05, 0.1) is 24.3 Å². The zero-order valence-electron chi connectivity index (χ0n) is 18.4. The maximum Gasteiger partial charge on any atom is 0.262 e. The van der Waals surface area contributed by atoms with Crippen LogP contribution in [-0.2, 0) is 6.54 Å². The van der Waals surface area contributed by atoms with Crippen LogP contribution < -0.4 is 10.2 Å². The summed E-state index contributed by atoms with van der Waals surface area (Å²) < 4.78 is 17.1. The number of carbonyl (C=O) groups excluding carboxylic acids is 1. The van der Waals surface area contributed by atoms with Crippen molar-refractivity contribution in [3.63, 3.8) is 0 Å². The molecule has 4 aromatic rings. The number of amides is 1. The number of hydrogen-bond donors (Lipinski definition) is 1. The zero-order chi connectivity index (χ0) is 22.8. The zero-order valence-corrected chi connectivity index (χ0v) is 18.4. The third-order valence-electron chi connectivity index (χ3n) is 6.18. The van der Waals surface area contributed by atoms with Crippen molar-refractivity contribution in [3.8, 4) is 0 Å². The number of pyridine rings is 1.